The van der Waals surface area contributed by atoms with Crippen molar-refractivity contribution in [2.45, 2.75) is 12.3 Å². The quantitative estimate of drug-likeness (QED) is 0.175. The number of aromatic nitrogens is 1. The number of fused-ring (bicyclic) bond motifs is 9. The van der Waals surface area contributed by atoms with Crippen LogP contribution in [0.1, 0.15) is 22.6 Å². The molecule has 0 bridgehead atoms. The first-order chi connectivity index (χ1) is 24.3. The molecule has 0 saturated heterocycles. The van der Waals surface area contributed by atoms with Crippen molar-refractivity contribution in [3.63, 3.8) is 0 Å². The topological polar surface area (TPSA) is 8.17 Å². The molecule has 1 unspecified atom stereocenters. The molecule has 0 spiro atoms. The fraction of sp³-hybridized carbons (Fsp3) is 0.0435. The second kappa shape index (κ2) is 9.30. The van der Waals surface area contributed by atoms with Gasteiger partial charge in [0.15, 0.2) is 0 Å². The lowest BCUT2D eigenvalue weighted by Crippen LogP contribution is -2.54. The van der Waals surface area contributed by atoms with Gasteiger partial charge in [-0.25, -0.2) is 0 Å². The predicted molar refractivity (Wildman–Crippen MR) is 206 cm³/mol. The zero-order valence-electron chi connectivity index (χ0n) is 26.8. The number of hydrogen-bond donors (Lipinski definition) is 0. The van der Waals surface area contributed by atoms with E-state index in [1.807, 2.05) is 0 Å². The van der Waals surface area contributed by atoms with Crippen molar-refractivity contribution in [3.05, 3.63) is 180 Å². The molecule has 6 aromatic carbocycles. The maximum Gasteiger partial charge on any atom is 0.248 e. The summed E-state index contributed by atoms with van der Waals surface area (Å²) in [6.45, 7) is 0.170. The maximum absolute atomic E-state index is 2.58. The van der Waals surface area contributed by atoms with E-state index >= 15 is 0 Å². The maximum atomic E-state index is 2.58. The van der Waals surface area contributed by atoms with E-state index in [9.17, 15) is 0 Å². The predicted octanol–water partition coefficient (Wildman–Crippen LogP) is 9.15. The highest BCUT2D eigenvalue weighted by atomic mass is 15.2. The van der Waals surface area contributed by atoms with Gasteiger partial charge in [0, 0.05) is 45.0 Å². The zero-order valence-corrected chi connectivity index (χ0v) is 26.8. The van der Waals surface area contributed by atoms with Crippen LogP contribution in [0.15, 0.2) is 163 Å². The minimum Gasteiger partial charge on any atom is -0.311 e. The molecule has 5 aliphatic rings. The molecule has 226 valence electrons. The lowest BCUT2D eigenvalue weighted by molar-refractivity contribution is 0.892. The molecule has 3 heteroatoms. The van der Waals surface area contributed by atoms with E-state index in [-0.39, 0.29) is 6.71 Å². The second-order valence-corrected chi connectivity index (χ2v) is 14.0. The normalized spacial score (nSPS) is 17.1. The van der Waals surface area contributed by atoms with Gasteiger partial charge in [-0.1, -0.05) is 121 Å². The molecule has 0 fully saturated rings. The first-order valence-electron chi connectivity index (χ1n) is 17.4. The van der Waals surface area contributed by atoms with Crippen LogP contribution in [0.5, 0.6) is 0 Å². The fourth-order valence-electron chi connectivity index (χ4n) is 9.77. The summed E-state index contributed by atoms with van der Waals surface area (Å²) < 4.78 is 2.51. The summed E-state index contributed by atoms with van der Waals surface area (Å²) in [5, 5.41) is 2.58. The summed E-state index contributed by atoms with van der Waals surface area (Å²) in [6.07, 6.45) is 14.9. The van der Waals surface area contributed by atoms with Crippen LogP contribution in [0.4, 0.5) is 17.1 Å². The van der Waals surface area contributed by atoms with Crippen LogP contribution in [0.2, 0.25) is 0 Å². The molecule has 1 atom stereocenters. The minimum absolute atomic E-state index is 0.170. The van der Waals surface area contributed by atoms with Crippen LogP contribution in [0.25, 0.3) is 44.7 Å². The standard InChI is InChI=1S/C46H29BN2/c1-2-13-32(14-3-1)49-39-19-8-5-15-34(39)36-27-41-45-44(46(36)49)35-16-4-6-17-37(35)47(45)38-18-7-9-20-40(38)48(41)33-25-30-23-21-28-11-10-12-29-22-24-31(26-33)43(30)42(28)29/h1-23,25-27,42H,24H2. The first-order valence-corrected chi connectivity index (χ1v) is 17.4. The second-order valence-electron chi connectivity index (χ2n) is 14.0. The Bertz CT molecular complexity index is 2760. The average molecular weight is 621 g/mol. The summed E-state index contributed by atoms with van der Waals surface area (Å²) in [5.41, 5.74) is 21.5. The summed E-state index contributed by atoms with van der Waals surface area (Å²) in [7, 11) is 0. The summed E-state index contributed by atoms with van der Waals surface area (Å²) in [6, 6.07) is 45.6. The highest BCUT2D eigenvalue weighted by Gasteiger charge is 2.44. The molecule has 2 nitrogen and oxygen atoms in total. The molecule has 1 aromatic heterocycles. The van der Waals surface area contributed by atoms with Gasteiger partial charge >= 0.3 is 0 Å². The molecule has 0 N–H and O–H groups in total. The van der Waals surface area contributed by atoms with Gasteiger partial charge in [0.05, 0.1) is 11.0 Å². The molecule has 7 aromatic rings. The lowest BCUT2D eigenvalue weighted by Gasteiger charge is -2.38. The fourth-order valence-corrected chi connectivity index (χ4v) is 9.77. The van der Waals surface area contributed by atoms with Crippen molar-refractivity contribution >= 4 is 68.0 Å². The Morgan fingerprint density at radius 3 is 2.39 bits per heavy atom. The molecule has 0 saturated carbocycles. The summed E-state index contributed by atoms with van der Waals surface area (Å²) >= 11 is 0. The van der Waals surface area contributed by atoms with Gasteiger partial charge < -0.3 is 9.47 Å². The first kappa shape index (κ1) is 26.0. The SMILES string of the molecule is C1=CC2=CCc3cc(N4c5ccccc5B5c6ccccc6-c6c5c4cc4c5ccccc5n(-c5ccccc5)c64)cc4c3C2C(=C1)C=C4. The van der Waals surface area contributed by atoms with Crippen molar-refractivity contribution in [2.75, 3.05) is 4.90 Å². The highest BCUT2D eigenvalue weighted by molar-refractivity contribution is 7.01. The van der Waals surface area contributed by atoms with Gasteiger partial charge in [0.25, 0.3) is 0 Å². The van der Waals surface area contributed by atoms with Crippen LogP contribution in [-0.2, 0) is 6.42 Å². The Hall–Kier alpha value is -6.06. The number of nitrogens with zero attached hydrogens (tertiary/aromatic N) is 2. The van der Waals surface area contributed by atoms with Gasteiger partial charge in [0.1, 0.15) is 0 Å². The molecule has 3 aliphatic carbocycles. The van der Waals surface area contributed by atoms with Crippen molar-refractivity contribution < 1.29 is 0 Å². The van der Waals surface area contributed by atoms with Crippen LogP contribution >= 0.6 is 0 Å². The Kier molecular flexibility index (Phi) is 4.93. The van der Waals surface area contributed by atoms with Crippen LogP contribution in [0.3, 0.4) is 0 Å². The number of anilines is 3. The Labute approximate surface area is 285 Å². The van der Waals surface area contributed by atoms with E-state index in [0.29, 0.717) is 5.92 Å². The zero-order chi connectivity index (χ0) is 31.8. The third-order valence-electron chi connectivity index (χ3n) is 11.6. The van der Waals surface area contributed by atoms with E-state index in [1.54, 1.807) is 0 Å². The molecule has 3 heterocycles. The van der Waals surface area contributed by atoms with Crippen molar-refractivity contribution in [1.29, 1.82) is 0 Å². The van der Waals surface area contributed by atoms with Gasteiger partial charge in [-0.15, -0.1) is 0 Å². The minimum atomic E-state index is 0.170. The molecular formula is C46H29BN2. The van der Waals surface area contributed by atoms with E-state index < -0.39 is 0 Å². The average Bonchev–Trinajstić information content (AvgIpc) is 3.68. The van der Waals surface area contributed by atoms with E-state index in [0.717, 1.165) is 6.42 Å². The monoisotopic (exact) mass is 620 g/mol. The van der Waals surface area contributed by atoms with Crippen molar-refractivity contribution in [3.8, 4) is 16.8 Å². The van der Waals surface area contributed by atoms with Crippen LogP contribution in [0, 0.1) is 0 Å². The summed E-state index contributed by atoms with van der Waals surface area (Å²) in [4.78, 5) is 2.58. The Balaban J connectivity index is 1.21. The van der Waals surface area contributed by atoms with Gasteiger partial charge in [-0.2, -0.15) is 0 Å². The lowest BCUT2D eigenvalue weighted by atomic mass is 9.37. The molecule has 2 aliphatic heterocycles. The number of rotatable bonds is 2. The molecule has 49 heavy (non-hydrogen) atoms. The third-order valence-corrected chi connectivity index (χ3v) is 11.6. The smallest absolute Gasteiger partial charge is 0.248 e. The molecule has 0 amide bonds. The van der Waals surface area contributed by atoms with Crippen LogP contribution in [-0.4, -0.2) is 11.3 Å². The molecule has 0 radical (unpaired) electrons. The van der Waals surface area contributed by atoms with Gasteiger partial charge in [-0.3, -0.25) is 0 Å². The largest absolute Gasteiger partial charge is 0.311 e. The summed E-state index contributed by atoms with van der Waals surface area (Å²) in [5.74, 6) is 0.347. The number of hydrogen-bond acceptors (Lipinski definition) is 1. The Morgan fingerprint density at radius 2 is 1.45 bits per heavy atom. The third kappa shape index (κ3) is 3.28. The van der Waals surface area contributed by atoms with Crippen molar-refractivity contribution in [1.82, 2.24) is 4.57 Å². The van der Waals surface area contributed by atoms with Gasteiger partial charge in [-0.05, 0) is 93.2 Å². The van der Waals surface area contributed by atoms with E-state index in [1.165, 1.54) is 99.9 Å². The van der Waals surface area contributed by atoms with Crippen molar-refractivity contribution in [2.24, 2.45) is 0 Å². The number of para-hydroxylation sites is 3. The molecular weight excluding hydrogens is 591 g/mol. The van der Waals surface area contributed by atoms with E-state index in [2.05, 4.69) is 167 Å². The van der Waals surface area contributed by atoms with Crippen LogP contribution < -0.4 is 21.3 Å². The molecule has 12 rings (SSSR count). The van der Waals surface area contributed by atoms with Gasteiger partial charge in [0.2, 0.25) is 6.71 Å². The van der Waals surface area contributed by atoms with E-state index in [4.69, 9.17) is 0 Å². The number of benzene rings is 6. The highest BCUT2D eigenvalue weighted by Crippen LogP contribution is 2.50. The number of allylic oxidation sites excluding steroid dienone is 7. The Morgan fingerprint density at radius 1 is 0.633 bits per heavy atom.